The zero-order chi connectivity index (χ0) is 34.6. The van der Waals surface area contributed by atoms with E-state index in [1.54, 1.807) is 0 Å². The van der Waals surface area contributed by atoms with Gasteiger partial charge in [-0.1, -0.05) is 72.7 Å². The van der Waals surface area contributed by atoms with Gasteiger partial charge in [0.15, 0.2) is 0 Å². The van der Waals surface area contributed by atoms with Crippen molar-refractivity contribution in [3.8, 4) is 0 Å². The van der Waals surface area contributed by atoms with E-state index in [0.717, 1.165) is 19.3 Å². The molecule has 248 valence electrons. The summed E-state index contributed by atoms with van der Waals surface area (Å²) in [5.74, 6) is 0.482. The van der Waals surface area contributed by atoms with Crippen LogP contribution in [0, 0.1) is 47.5 Å². The fourth-order valence-corrected chi connectivity index (χ4v) is 7.67. The molecule has 0 spiro atoms. The van der Waals surface area contributed by atoms with E-state index in [1.165, 1.54) is 99.9 Å². The van der Waals surface area contributed by atoms with E-state index in [4.69, 9.17) is 0 Å². The van der Waals surface area contributed by atoms with Crippen LogP contribution in [0.3, 0.4) is 0 Å². The average molecular weight is 643 g/mol. The van der Waals surface area contributed by atoms with Gasteiger partial charge in [0.05, 0.1) is 11.4 Å². The molecule has 0 aromatic heterocycles. The highest BCUT2D eigenvalue weighted by Gasteiger charge is 2.28. The van der Waals surface area contributed by atoms with Crippen LogP contribution >= 0.6 is 0 Å². The third kappa shape index (κ3) is 5.82. The van der Waals surface area contributed by atoms with Crippen molar-refractivity contribution in [1.82, 2.24) is 0 Å². The van der Waals surface area contributed by atoms with Gasteiger partial charge in [0.25, 0.3) is 0 Å². The number of fused-ring (bicyclic) bond motifs is 2. The van der Waals surface area contributed by atoms with Crippen molar-refractivity contribution in [2.45, 2.75) is 81.6 Å². The van der Waals surface area contributed by atoms with Crippen molar-refractivity contribution >= 4 is 51.4 Å². The van der Waals surface area contributed by atoms with Crippen molar-refractivity contribution in [1.29, 1.82) is 0 Å². The van der Waals surface area contributed by atoms with Crippen LogP contribution in [0.25, 0.3) is 22.9 Å². The monoisotopic (exact) mass is 642 g/mol. The highest BCUT2D eigenvalue weighted by molar-refractivity contribution is 6.07. The molecule has 0 N–H and O–H groups in total. The normalized spacial score (nSPS) is 15.8. The molecule has 5 aromatic carbocycles. The molecule has 0 saturated carbocycles. The predicted octanol–water partition coefficient (Wildman–Crippen LogP) is 11.9. The molecule has 5 aromatic rings. The van der Waals surface area contributed by atoms with Gasteiger partial charge in [0.1, 0.15) is 0 Å². The van der Waals surface area contributed by atoms with E-state index in [2.05, 4.69) is 169 Å². The number of nitrogens with zero attached hydrogens (tertiary/aromatic N) is 2. The number of benzene rings is 5. The molecule has 0 radical (unpaired) electrons. The minimum absolute atomic E-state index is 0.482. The zero-order valence-electron chi connectivity index (χ0n) is 30.8. The maximum atomic E-state index is 2.61. The van der Waals surface area contributed by atoms with Gasteiger partial charge in [0, 0.05) is 44.0 Å². The molecule has 49 heavy (non-hydrogen) atoms. The molecule has 0 fully saturated rings. The molecule has 0 saturated heterocycles. The fourth-order valence-electron chi connectivity index (χ4n) is 7.67. The van der Waals surface area contributed by atoms with Gasteiger partial charge in [-0.25, -0.2) is 0 Å². The van der Waals surface area contributed by atoms with Crippen LogP contribution in [0.5, 0.6) is 0 Å². The smallest absolute Gasteiger partial charge is 0.0616 e. The van der Waals surface area contributed by atoms with Crippen molar-refractivity contribution in [3.63, 3.8) is 0 Å². The van der Waals surface area contributed by atoms with Gasteiger partial charge >= 0.3 is 0 Å². The predicted molar refractivity (Wildman–Crippen MR) is 213 cm³/mol. The van der Waals surface area contributed by atoms with E-state index in [1.807, 2.05) is 0 Å². The standard InChI is InChI=1S/C47H50N2/c1-29-18-21-38(24-32(29)4)48(39-22-19-30(2)33(5)25-39)46-42-14-10-12-16-44(42)47(45-17-13-11-15-43(45)46)49(40-23-20-31(3)34(6)26-40)41-27-35(7)37(9)36(8)28-41/h10,12,14-27,36H,11,13,28H2,1-9H3. The van der Waals surface area contributed by atoms with Crippen LogP contribution in [-0.4, -0.2) is 0 Å². The fraction of sp³-hybridized carbons (Fsp3) is 0.277. The van der Waals surface area contributed by atoms with E-state index in [9.17, 15) is 0 Å². The maximum absolute atomic E-state index is 2.61. The maximum Gasteiger partial charge on any atom is 0.0616 e. The summed E-state index contributed by atoms with van der Waals surface area (Å²) in [6.07, 6.45) is 10.5. The van der Waals surface area contributed by atoms with Crippen LogP contribution in [-0.2, 0) is 0 Å². The minimum atomic E-state index is 0.482. The van der Waals surface area contributed by atoms with Crippen molar-refractivity contribution in [2.24, 2.45) is 5.92 Å². The molecule has 7 rings (SSSR count). The molecular formula is C47H50N2. The van der Waals surface area contributed by atoms with Crippen LogP contribution in [0.4, 0.5) is 28.4 Å². The Labute approximate surface area is 293 Å². The average Bonchev–Trinajstić information content (AvgIpc) is 3.09. The van der Waals surface area contributed by atoms with Crippen LogP contribution in [0.1, 0.15) is 73.4 Å². The van der Waals surface area contributed by atoms with Crippen molar-refractivity contribution in [2.75, 3.05) is 9.80 Å². The first-order valence-electron chi connectivity index (χ1n) is 18.0. The topological polar surface area (TPSA) is 6.48 Å². The Morgan fingerprint density at radius 2 is 0.939 bits per heavy atom. The molecule has 2 aliphatic rings. The van der Waals surface area contributed by atoms with E-state index in [-0.39, 0.29) is 0 Å². The summed E-state index contributed by atoms with van der Waals surface area (Å²) in [5.41, 5.74) is 18.2. The minimum Gasteiger partial charge on any atom is -0.313 e. The first-order chi connectivity index (χ1) is 23.5. The molecule has 0 amide bonds. The van der Waals surface area contributed by atoms with Gasteiger partial charge in [-0.05, 0) is 156 Å². The summed E-state index contributed by atoms with van der Waals surface area (Å²) in [6, 6.07) is 30.0. The Morgan fingerprint density at radius 3 is 1.37 bits per heavy atom. The third-order valence-corrected chi connectivity index (χ3v) is 11.3. The first-order valence-corrected chi connectivity index (χ1v) is 18.0. The highest BCUT2D eigenvalue weighted by atomic mass is 15.2. The van der Waals surface area contributed by atoms with Gasteiger partial charge in [-0.2, -0.15) is 0 Å². The Balaban J connectivity index is 1.61. The van der Waals surface area contributed by atoms with Crippen molar-refractivity contribution < 1.29 is 0 Å². The largest absolute Gasteiger partial charge is 0.313 e. The van der Waals surface area contributed by atoms with Crippen LogP contribution in [0.15, 0.2) is 102 Å². The molecule has 2 nitrogen and oxygen atoms in total. The molecule has 0 heterocycles. The molecule has 2 aliphatic carbocycles. The number of rotatable bonds is 6. The molecule has 2 heteroatoms. The van der Waals surface area contributed by atoms with E-state index in [0.29, 0.717) is 5.92 Å². The second-order valence-corrected chi connectivity index (χ2v) is 14.6. The van der Waals surface area contributed by atoms with Crippen LogP contribution in [0.2, 0.25) is 0 Å². The van der Waals surface area contributed by atoms with Gasteiger partial charge in [0.2, 0.25) is 0 Å². The number of allylic oxidation sites excluding steroid dienone is 4. The summed E-state index contributed by atoms with van der Waals surface area (Å²) in [6.45, 7) is 20.3. The lowest BCUT2D eigenvalue weighted by atomic mass is 9.87. The number of hydrogen-bond donors (Lipinski definition) is 0. The third-order valence-electron chi connectivity index (χ3n) is 11.3. The van der Waals surface area contributed by atoms with E-state index >= 15 is 0 Å². The second kappa shape index (κ2) is 12.9. The Morgan fingerprint density at radius 1 is 0.510 bits per heavy atom. The van der Waals surface area contributed by atoms with Crippen molar-refractivity contribution in [3.05, 3.63) is 146 Å². The number of anilines is 5. The zero-order valence-corrected chi connectivity index (χ0v) is 30.8. The van der Waals surface area contributed by atoms with Gasteiger partial charge in [-0.3, -0.25) is 0 Å². The van der Waals surface area contributed by atoms with Gasteiger partial charge in [-0.15, -0.1) is 0 Å². The van der Waals surface area contributed by atoms with E-state index < -0.39 is 0 Å². The molecule has 1 atom stereocenters. The number of hydrogen-bond acceptors (Lipinski definition) is 2. The molecular weight excluding hydrogens is 593 g/mol. The number of aryl methyl sites for hydroxylation is 6. The van der Waals surface area contributed by atoms with Crippen LogP contribution < -0.4 is 20.2 Å². The summed E-state index contributed by atoms with van der Waals surface area (Å²) in [7, 11) is 0. The Hall–Kier alpha value is -4.82. The quantitative estimate of drug-likeness (QED) is 0.170. The summed E-state index contributed by atoms with van der Waals surface area (Å²) >= 11 is 0. The Bertz CT molecular complexity index is 2260. The first kappa shape index (κ1) is 32.7. The summed E-state index contributed by atoms with van der Waals surface area (Å²) < 4.78 is 0. The highest BCUT2D eigenvalue weighted by Crippen LogP contribution is 2.44. The lowest BCUT2D eigenvalue weighted by Crippen LogP contribution is -2.38. The summed E-state index contributed by atoms with van der Waals surface area (Å²) in [4.78, 5) is 5.13. The van der Waals surface area contributed by atoms with Gasteiger partial charge < -0.3 is 9.80 Å². The lowest BCUT2D eigenvalue weighted by Gasteiger charge is -2.36. The Kier molecular flexibility index (Phi) is 8.61. The lowest BCUT2D eigenvalue weighted by molar-refractivity contribution is 0.645. The molecule has 0 bridgehead atoms. The molecule has 0 aliphatic heterocycles. The summed E-state index contributed by atoms with van der Waals surface area (Å²) in [5, 5.41) is 5.18. The SMILES string of the molecule is CC1=C(C)C(C)CC(N(c2ccc(C)c(C)c2)c2c3c(c(N(c4ccc(C)c(C)c4)c4ccc(C)c(C)c4)c4ccccc24)=CCCC=3)=C1. The second-order valence-electron chi connectivity index (χ2n) is 14.6. The molecule has 1 unspecified atom stereocenters.